The molecule has 0 fully saturated rings. The highest BCUT2D eigenvalue weighted by atomic mass is 15.2. The quantitative estimate of drug-likeness (QED) is 0.575. The zero-order valence-corrected chi connectivity index (χ0v) is 13.8. The van der Waals surface area contributed by atoms with Gasteiger partial charge in [-0.25, -0.2) is 15.0 Å². The summed E-state index contributed by atoms with van der Waals surface area (Å²) in [5.74, 6) is 1.07. The number of hydrogen-bond donors (Lipinski definition) is 0. The van der Waals surface area contributed by atoms with Crippen molar-refractivity contribution < 1.29 is 0 Å². The van der Waals surface area contributed by atoms with Gasteiger partial charge in [0.1, 0.15) is 24.0 Å². The van der Waals surface area contributed by atoms with Gasteiger partial charge in [-0.15, -0.1) is 0 Å². The molecule has 4 aromatic rings. The second-order valence-electron chi connectivity index (χ2n) is 6.14. The van der Waals surface area contributed by atoms with E-state index in [2.05, 4.69) is 57.8 Å². The average Bonchev–Trinajstić information content (AvgIpc) is 3.22. The smallest absolute Gasteiger partial charge is 0.169 e. The predicted molar refractivity (Wildman–Crippen MR) is 94.3 cm³/mol. The van der Waals surface area contributed by atoms with Gasteiger partial charge in [0.25, 0.3) is 0 Å². The highest BCUT2D eigenvalue weighted by molar-refractivity contribution is 5.75. The maximum absolute atomic E-state index is 4.60. The van der Waals surface area contributed by atoms with Gasteiger partial charge in [-0.05, 0) is 31.5 Å². The van der Waals surface area contributed by atoms with Gasteiger partial charge in [-0.1, -0.05) is 30.3 Å². The molecule has 0 aliphatic heterocycles. The van der Waals surface area contributed by atoms with Crippen LogP contribution in [-0.4, -0.2) is 24.1 Å². The number of fused-ring (bicyclic) bond motifs is 1. The van der Waals surface area contributed by atoms with Crippen LogP contribution in [0.4, 0.5) is 0 Å². The molecule has 0 N–H and O–H groups in total. The van der Waals surface area contributed by atoms with Crippen molar-refractivity contribution in [1.82, 2.24) is 24.1 Å². The van der Waals surface area contributed by atoms with Gasteiger partial charge in [0, 0.05) is 18.7 Å². The standard InChI is InChI=1S/C19H19N5/c1-14(2)23-10-6-9-17(23)24-13-22-18-16(20-12-21-19(18)24)11-15-7-4-3-5-8-15/h3-10,12-14H,11H2,1-2H3. The van der Waals surface area contributed by atoms with Crippen molar-refractivity contribution in [3.63, 3.8) is 0 Å². The lowest BCUT2D eigenvalue weighted by Crippen LogP contribution is -2.07. The number of imidazole rings is 1. The van der Waals surface area contributed by atoms with Crippen LogP contribution < -0.4 is 0 Å². The summed E-state index contributed by atoms with van der Waals surface area (Å²) in [6, 6.07) is 14.8. The summed E-state index contributed by atoms with van der Waals surface area (Å²) in [6.45, 7) is 4.33. The van der Waals surface area contributed by atoms with Crippen LogP contribution in [0.2, 0.25) is 0 Å². The molecule has 5 nitrogen and oxygen atoms in total. The van der Waals surface area contributed by atoms with Crippen LogP contribution in [0.5, 0.6) is 0 Å². The molecule has 3 heterocycles. The molecule has 0 aliphatic rings. The Kier molecular flexibility index (Phi) is 3.61. The van der Waals surface area contributed by atoms with E-state index in [9.17, 15) is 0 Å². The molecule has 3 aromatic heterocycles. The second kappa shape index (κ2) is 5.92. The Balaban J connectivity index is 1.81. The summed E-state index contributed by atoms with van der Waals surface area (Å²) in [5, 5.41) is 0. The van der Waals surface area contributed by atoms with Gasteiger partial charge in [-0.2, -0.15) is 0 Å². The zero-order chi connectivity index (χ0) is 16.5. The molecule has 120 valence electrons. The lowest BCUT2D eigenvalue weighted by Gasteiger charge is -2.13. The van der Waals surface area contributed by atoms with E-state index < -0.39 is 0 Å². The van der Waals surface area contributed by atoms with E-state index in [0.717, 1.165) is 29.1 Å². The largest absolute Gasteiger partial charge is 0.332 e. The highest BCUT2D eigenvalue weighted by Crippen LogP contribution is 2.22. The fraction of sp³-hybridized carbons (Fsp3) is 0.211. The minimum atomic E-state index is 0.373. The molecule has 0 saturated heterocycles. The molecule has 4 rings (SSSR count). The molecule has 0 aliphatic carbocycles. The van der Waals surface area contributed by atoms with Crippen LogP contribution in [0.25, 0.3) is 17.0 Å². The van der Waals surface area contributed by atoms with Crippen molar-refractivity contribution in [2.24, 2.45) is 0 Å². The molecule has 0 spiro atoms. The molecular formula is C19H19N5. The predicted octanol–water partition coefficient (Wildman–Crippen LogP) is 3.79. The minimum Gasteiger partial charge on any atom is -0.332 e. The number of nitrogens with zero attached hydrogens (tertiary/aromatic N) is 5. The molecule has 1 aromatic carbocycles. The van der Waals surface area contributed by atoms with Gasteiger partial charge in [-0.3, -0.25) is 4.57 Å². The third-order valence-electron chi connectivity index (χ3n) is 4.18. The maximum atomic E-state index is 4.60. The molecule has 0 atom stereocenters. The highest BCUT2D eigenvalue weighted by Gasteiger charge is 2.14. The first kappa shape index (κ1) is 14.6. The first-order valence-electron chi connectivity index (χ1n) is 8.12. The van der Waals surface area contributed by atoms with Gasteiger partial charge < -0.3 is 4.57 Å². The van der Waals surface area contributed by atoms with Crippen LogP contribution in [0, 0.1) is 0 Å². The van der Waals surface area contributed by atoms with Crippen LogP contribution in [0.15, 0.2) is 61.3 Å². The maximum Gasteiger partial charge on any atom is 0.169 e. The summed E-state index contributed by atoms with van der Waals surface area (Å²) >= 11 is 0. The Morgan fingerprint density at radius 2 is 1.79 bits per heavy atom. The molecule has 0 amide bonds. The first-order chi connectivity index (χ1) is 11.7. The monoisotopic (exact) mass is 317 g/mol. The fourth-order valence-electron chi connectivity index (χ4n) is 3.00. The van der Waals surface area contributed by atoms with Crippen molar-refractivity contribution in [3.05, 3.63) is 72.6 Å². The summed E-state index contributed by atoms with van der Waals surface area (Å²) in [6.07, 6.45) is 6.30. The zero-order valence-electron chi connectivity index (χ0n) is 13.8. The first-order valence-corrected chi connectivity index (χ1v) is 8.12. The summed E-state index contributed by atoms with van der Waals surface area (Å²) < 4.78 is 4.24. The lowest BCUT2D eigenvalue weighted by molar-refractivity contribution is 0.591. The van der Waals surface area contributed by atoms with Crippen molar-refractivity contribution >= 4 is 11.2 Å². The molecule has 0 saturated carbocycles. The Morgan fingerprint density at radius 1 is 0.958 bits per heavy atom. The fourth-order valence-corrected chi connectivity index (χ4v) is 3.00. The van der Waals surface area contributed by atoms with Crippen LogP contribution >= 0.6 is 0 Å². The van der Waals surface area contributed by atoms with E-state index in [1.807, 2.05) is 35.2 Å². The Bertz CT molecular complexity index is 966. The molecule has 5 heteroatoms. The summed E-state index contributed by atoms with van der Waals surface area (Å²) in [4.78, 5) is 13.5. The van der Waals surface area contributed by atoms with Crippen molar-refractivity contribution in [3.8, 4) is 5.82 Å². The van der Waals surface area contributed by atoms with Crippen LogP contribution in [-0.2, 0) is 6.42 Å². The number of aromatic nitrogens is 5. The Morgan fingerprint density at radius 3 is 2.58 bits per heavy atom. The molecular weight excluding hydrogens is 298 g/mol. The van der Waals surface area contributed by atoms with E-state index in [1.54, 1.807) is 6.33 Å². The lowest BCUT2D eigenvalue weighted by atomic mass is 10.1. The van der Waals surface area contributed by atoms with E-state index in [1.165, 1.54) is 5.56 Å². The van der Waals surface area contributed by atoms with Gasteiger partial charge in [0.2, 0.25) is 0 Å². The Labute approximate surface area is 140 Å². The topological polar surface area (TPSA) is 48.5 Å². The summed E-state index contributed by atoms with van der Waals surface area (Å²) in [7, 11) is 0. The number of rotatable bonds is 4. The third-order valence-corrected chi connectivity index (χ3v) is 4.18. The van der Waals surface area contributed by atoms with E-state index >= 15 is 0 Å². The molecule has 0 radical (unpaired) electrons. The van der Waals surface area contributed by atoms with E-state index in [0.29, 0.717) is 6.04 Å². The second-order valence-corrected chi connectivity index (χ2v) is 6.14. The average molecular weight is 317 g/mol. The van der Waals surface area contributed by atoms with E-state index in [4.69, 9.17) is 0 Å². The minimum absolute atomic E-state index is 0.373. The van der Waals surface area contributed by atoms with Crippen LogP contribution in [0.3, 0.4) is 0 Å². The summed E-state index contributed by atoms with van der Waals surface area (Å²) in [5.41, 5.74) is 3.87. The normalized spacial score (nSPS) is 11.5. The SMILES string of the molecule is CC(C)n1cccc1-n1cnc2c(Cc3ccccc3)ncnc21. The van der Waals surface area contributed by atoms with Gasteiger partial charge in [0.15, 0.2) is 5.65 Å². The van der Waals surface area contributed by atoms with Crippen molar-refractivity contribution in [2.45, 2.75) is 26.3 Å². The molecule has 0 unspecified atom stereocenters. The van der Waals surface area contributed by atoms with E-state index in [-0.39, 0.29) is 0 Å². The van der Waals surface area contributed by atoms with Gasteiger partial charge >= 0.3 is 0 Å². The van der Waals surface area contributed by atoms with Crippen molar-refractivity contribution in [2.75, 3.05) is 0 Å². The third kappa shape index (κ3) is 2.48. The van der Waals surface area contributed by atoms with Crippen LogP contribution in [0.1, 0.15) is 31.1 Å². The molecule has 24 heavy (non-hydrogen) atoms. The number of hydrogen-bond acceptors (Lipinski definition) is 3. The number of benzene rings is 1. The van der Waals surface area contributed by atoms with Gasteiger partial charge in [0.05, 0.1) is 5.69 Å². The molecule has 0 bridgehead atoms. The van der Waals surface area contributed by atoms with Crippen molar-refractivity contribution in [1.29, 1.82) is 0 Å². The Hall–Kier alpha value is -2.95.